The van der Waals surface area contributed by atoms with Crippen molar-refractivity contribution in [2.75, 3.05) is 7.11 Å². The van der Waals surface area contributed by atoms with E-state index >= 15 is 0 Å². The van der Waals surface area contributed by atoms with Crippen LogP contribution in [0.3, 0.4) is 0 Å². The van der Waals surface area contributed by atoms with E-state index in [1.165, 1.54) is 4.68 Å². The average molecular weight is 599 g/mol. The molecule has 0 aliphatic heterocycles. The van der Waals surface area contributed by atoms with Crippen LogP contribution in [0.1, 0.15) is 43.1 Å². The van der Waals surface area contributed by atoms with E-state index in [2.05, 4.69) is 43.9 Å². The first kappa shape index (κ1) is 25.1. The maximum Gasteiger partial charge on any atom is 0.282 e. The molecule has 1 heterocycles. The summed E-state index contributed by atoms with van der Waals surface area (Å²) in [6.45, 7) is 4.52. The molecule has 1 aromatic heterocycles. The second kappa shape index (κ2) is 11.2. The molecule has 35 heavy (non-hydrogen) atoms. The maximum absolute atomic E-state index is 13.3. The SMILES string of the molecule is CC[C@H](C)c1nc2ccc(Br)cc2c(=O)n1N=Cc1ccc(OCc2ccc(Br)cc2)c(OC)c1. The Hall–Kier alpha value is -2.97. The highest BCUT2D eigenvalue weighted by Gasteiger charge is 2.16. The third-order valence-electron chi connectivity index (χ3n) is 5.70. The predicted molar refractivity (Wildman–Crippen MR) is 147 cm³/mol. The molecule has 0 unspecified atom stereocenters. The summed E-state index contributed by atoms with van der Waals surface area (Å²) in [5.41, 5.74) is 2.28. The van der Waals surface area contributed by atoms with Gasteiger partial charge in [0.1, 0.15) is 12.4 Å². The molecule has 1 atom stereocenters. The molecule has 8 heteroatoms. The van der Waals surface area contributed by atoms with Crippen LogP contribution < -0.4 is 15.0 Å². The fourth-order valence-corrected chi connectivity index (χ4v) is 4.15. The Labute approximate surface area is 220 Å². The number of hydrogen-bond donors (Lipinski definition) is 0. The molecule has 0 bridgehead atoms. The summed E-state index contributed by atoms with van der Waals surface area (Å²) in [6.07, 6.45) is 2.47. The van der Waals surface area contributed by atoms with Crippen molar-refractivity contribution in [3.63, 3.8) is 0 Å². The Balaban J connectivity index is 1.64. The maximum atomic E-state index is 13.3. The van der Waals surface area contributed by atoms with Crippen molar-refractivity contribution in [1.82, 2.24) is 9.66 Å². The van der Waals surface area contributed by atoms with Crippen LogP contribution in [0, 0.1) is 0 Å². The van der Waals surface area contributed by atoms with Gasteiger partial charge in [-0.3, -0.25) is 4.79 Å². The highest BCUT2D eigenvalue weighted by molar-refractivity contribution is 9.10. The zero-order valence-corrected chi connectivity index (χ0v) is 22.8. The topological polar surface area (TPSA) is 65.7 Å². The largest absolute Gasteiger partial charge is 0.493 e. The molecule has 0 amide bonds. The molecule has 180 valence electrons. The van der Waals surface area contributed by atoms with Crippen LogP contribution in [-0.2, 0) is 6.61 Å². The van der Waals surface area contributed by atoms with E-state index in [1.54, 1.807) is 19.4 Å². The Morgan fingerprint density at radius 3 is 2.49 bits per heavy atom. The van der Waals surface area contributed by atoms with E-state index in [0.717, 1.165) is 26.5 Å². The number of halogens is 2. The minimum Gasteiger partial charge on any atom is -0.493 e. The fourth-order valence-electron chi connectivity index (χ4n) is 3.53. The second-order valence-corrected chi connectivity index (χ2v) is 9.96. The van der Waals surface area contributed by atoms with Crippen LogP contribution in [-0.4, -0.2) is 23.0 Å². The number of benzene rings is 3. The minimum absolute atomic E-state index is 0.0665. The van der Waals surface area contributed by atoms with Crippen molar-refractivity contribution < 1.29 is 9.47 Å². The molecule has 4 aromatic rings. The van der Waals surface area contributed by atoms with Gasteiger partial charge in [0.15, 0.2) is 11.5 Å². The first-order valence-electron chi connectivity index (χ1n) is 11.2. The van der Waals surface area contributed by atoms with Crippen LogP contribution in [0.2, 0.25) is 0 Å². The Morgan fingerprint density at radius 1 is 1.03 bits per heavy atom. The van der Waals surface area contributed by atoms with Crippen LogP contribution in [0.4, 0.5) is 0 Å². The first-order valence-corrected chi connectivity index (χ1v) is 12.8. The summed E-state index contributed by atoms with van der Waals surface area (Å²) in [5.74, 6) is 1.91. The van der Waals surface area contributed by atoms with Crippen molar-refractivity contribution in [3.05, 3.63) is 96.9 Å². The molecule has 4 rings (SSSR count). The number of hydrogen-bond acceptors (Lipinski definition) is 5. The smallest absolute Gasteiger partial charge is 0.282 e. The summed E-state index contributed by atoms with van der Waals surface area (Å²) >= 11 is 6.88. The number of aromatic nitrogens is 2. The van der Waals surface area contributed by atoms with Crippen molar-refractivity contribution in [2.24, 2.45) is 5.10 Å². The summed E-state index contributed by atoms with van der Waals surface area (Å²) in [7, 11) is 1.60. The molecular formula is C27H25Br2N3O3. The van der Waals surface area contributed by atoms with Gasteiger partial charge in [-0.25, -0.2) is 4.98 Å². The molecule has 0 saturated heterocycles. The normalized spacial score (nSPS) is 12.3. The van der Waals surface area contributed by atoms with Crippen LogP contribution >= 0.6 is 31.9 Å². The van der Waals surface area contributed by atoms with E-state index in [-0.39, 0.29) is 11.5 Å². The van der Waals surface area contributed by atoms with Gasteiger partial charge in [0.05, 0.1) is 24.2 Å². The molecule has 0 spiro atoms. The van der Waals surface area contributed by atoms with E-state index in [0.29, 0.717) is 34.8 Å². The van der Waals surface area contributed by atoms with Crippen molar-refractivity contribution in [2.45, 2.75) is 32.8 Å². The number of ether oxygens (including phenoxy) is 2. The van der Waals surface area contributed by atoms with Crippen molar-refractivity contribution in [1.29, 1.82) is 0 Å². The van der Waals surface area contributed by atoms with Gasteiger partial charge in [-0.05, 0) is 66.1 Å². The zero-order valence-electron chi connectivity index (χ0n) is 19.7. The fraction of sp³-hybridized carbons (Fsp3) is 0.222. The van der Waals surface area contributed by atoms with Crippen LogP contribution in [0.25, 0.3) is 10.9 Å². The minimum atomic E-state index is -0.204. The Kier molecular flexibility index (Phi) is 8.03. The molecule has 0 fully saturated rings. The molecule has 3 aromatic carbocycles. The summed E-state index contributed by atoms with van der Waals surface area (Å²) < 4.78 is 14.7. The number of methoxy groups -OCH3 is 1. The van der Waals surface area contributed by atoms with Gasteiger partial charge >= 0.3 is 0 Å². The van der Waals surface area contributed by atoms with Crippen LogP contribution in [0.15, 0.2) is 79.5 Å². The van der Waals surface area contributed by atoms with Crippen LogP contribution in [0.5, 0.6) is 11.5 Å². The molecule has 0 aliphatic rings. The standard InChI is InChI=1S/C27H25Br2N3O3/c1-4-17(2)26-31-23-11-10-21(29)14-22(23)27(33)32(26)30-15-19-7-12-24(25(13-19)34-3)35-16-18-5-8-20(28)9-6-18/h5-15,17H,4,16H2,1-3H3/t17-/m0/s1. The lowest BCUT2D eigenvalue weighted by atomic mass is 10.1. The van der Waals surface area contributed by atoms with Gasteiger partial charge in [0.25, 0.3) is 5.56 Å². The molecule has 0 aliphatic carbocycles. The monoisotopic (exact) mass is 597 g/mol. The van der Waals surface area contributed by atoms with E-state index in [4.69, 9.17) is 14.5 Å². The Morgan fingerprint density at radius 2 is 1.77 bits per heavy atom. The van der Waals surface area contributed by atoms with Gasteiger partial charge in [-0.15, -0.1) is 0 Å². The zero-order chi connectivity index (χ0) is 24.9. The van der Waals surface area contributed by atoms with Crippen molar-refractivity contribution in [3.8, 4) is 11.5 Å². The third-order valence-corrected chi connectivity index (χ3v) is 6.73. The first-order chi connectivity index (χ1) is 16.9. The van der Waals surface area contributed by atoms with Gasteiger partial charge in [0, 0.05) is 14.9 Å². The number of fused-ring (bicyclic) bond motifs is 1. The average Bonchev–Trinajstić information content (AvgIpc) is 2.87. The Bertz CT molecular complexity index is 1430. The van der Waals surface area contributed by atoms with Gasteiger partial charge in [-0.2, -0.15) is 9.78 Å². The lowest BCUT2D eigenvalue weighted by Gasteiger charge is -2.14. The van der Waals surface area contributed by atoms with Gasteiger partial charge in [-0.1, -0.05) is 57.8 Å². The van der Waals surface area contributed by atoms with Gasteiger partial charge < -0.3 is 9.47 Å². The van der Waals surface area contributed by atoms with E-state index < -0.39 is 0 Å². The number of rotatable bonds is 8. The molecule has 0 radical (unpaired) electrons. The predicted octanol–water partition coefficient (Wildman–Crippen LogP) is 6.90. The summed E-state index contributed by atoms with van der Waals surface area (Å²) in [4.78, 5) is 18.0. The molecular weight excluding hydrogens is 574 g/mol. The quantitative estimate of drug-likeness (QED) is 0.207. The lowest BCUT2D eigenvalue weighted by Crippen LogP contribution is -2.23. The van der Waals surface area contributed by atoms with E-state index in [9.17, 15) is 4.79 Å². The number of nitrogens with zero attached hydrogens (tertiary/aromatic N) is 3. The van der Waals surface area contributed by atoms with Crippen molar-refractivity contribution >= 4 is 49.0 Å². The van der Waals surface area contributed by atoms with Gasteiger partial charge in [0.2, 0.25) is 0 Å². The molecule has 0 N–H and O–H groups in total. The lowest BCUT2D eigenvalue weighted by molar-refractivity contribution is 0.284. The van der Waals surface area contributed by atoms with E-state index in [1.807, 2.05) is 61.5 Å². The molecule has 6 nitrogen and oxygen atoms in total. The second-order valence-electron chi connectivity index (χ2n) is 8.13. The third kappa shape index (κ3) is 5.82. The highest BCUT2D eigenvalue weighted by Crippen LogP contribution is 2.29. The molecule has 0 saturated carbocycles. The highest BCUT2D eigenvalue weighted by atomic mass is 79.9. The summed E-state index contributed by atoms with van der Waals surface area (Å²) in [5, 5.41) is 5.04. The summed E-state index contributed by atoms with van der Waals surface area (Å²) in [6, 6.07) is 19.0.